The van der Waals surface area contributed by atoms with Crippen molar-refractivity contribution >= 4 is 23.3 Å². The van der Waals surface area contributed by atoms with Gasteiger partial charge < -0.3 is 5.11 Å². The molecule has 0 aromatic heterocycles. The molecule has 0 aliphatic carbocycles. The summed E-state index contributed by atoms with van der Waals surface area (Å²) in [6, 6.07) is -0.285. The van der Waals surface area contributed by atoms with Gasteiger partial charge in [0.2, 0.25) is 0 Å². The first-order chi connectivity index (χ1) is 5.38. The number of aliphatic imine (C=N–C) groups is 1. The fourth-order valence-corrected chi connectivity index (χ4v) is 0.902. The summed E-state index contributed by atoms with van der Waals surface area (Å²) in [6.45, 7) is 5.78. The van der Waals surface area contributed by atoms with Crippen LogP contribution in [0.5, 0.6) is 0 Å². The Hall–Kier alpha value is -0.730. The second-order valence-electron chi connectivity index (χ2n) is 3.70. The molecule has 0 saturated carbocycles. The van der Waals surface area contributed by atoms with Crippen LogP contribution in [0.2, 0.25) is 0 Å². The SMILES string of the molecule is CC(C)(C)C(CC(=O)O)N=C=S. The average molecular weight is 187 g/mol. The summed E-state index contributed by atoms with van der Waals surface area (Å²) in [4.78, 5) is 14.2. The fourth-order valence-electron chi connectivity index (χ4n) is 0.775. The molecule has 0 aromatic rings. The van der Waals surface area contributed by atoms with Gasteiger partial charge in [0, 0.05) is 0 Å². The van der Waals surface area contributed by atoms with Gasteiger partial charge >= 0.3 is 5.97 Å². The molecule has 0 bridgehead atoms. The molecule has 0 spiro atoms. The van der Waals surface area contributed by atoms with Crippen LogP contribution in [0.1, 0.15) is 27.2 Å². The zero-order valence-corrected chi connectivity index (χ0v) is 8.31. The number of carbonyl (C=O) groups is 1. The van der Waals surface area contributed by atoms with Gasteiger partial charge in [-0.1, -0.05) is 20.8 Å². The highest BCUT2D eigenvalue weighted by Gasteiger charge is 2.25. The maximum atomic E-state index is 10.4. The summed E-state index contributed by atoms with van der Waals surface area (Å²) in [7, 11) is 0. The molecule has 68 valence electrons. The summed E-state index contributed by atoms with van der Waals surface area (Å²) in [6.07, 6.45) is 0.00708. The van der Waals surface area contributed by atoms with Crippen molar-refractivity contribution in [1.82, 2.24) is 0 Å². The standard InChI is InChI=1S/C8H13NO2S/c1-8(2,3)6(9-5-12)4-7(10)11/h6H,4H2,1-3H3,(H,10,11). The summed E-state index contributed by atoms with van der Waals surface area (Å²) in [5.41, 5.74) is -0.176. The Morgan fingerprint density at radius 3 is 2.42 bits per heavy atom. The quantitative estimate of drug-likeness (QED) is 0.543. The second kappa shape index (κ2) is 4.33. The van der Waals surface area contributed by atoms with E-state index in [0.29, 0.717) is 0 Å². The van der Waals surface area contributed by atoms with Crippen molar-refractivity contribution in [2.75, 3.05) is 0 Å². The van der Waals surface area contributed by atoms with Crippen LogP contribution in [-0.2, 0) is 4.79 Å². The van der Waals surface area contributed by atoms with E-state index in [-0.39, 0.29) is 17.9 Å². The zero-order valence-electron chi connectivity index (χ0n) is 7.50. The lowest BCUT2D eigenvalue weighted by Gasteiger charge is -2.24. The molecule has 0 amide bonds. The van der Waals surface area contributed by atoms with E-state index in [1.807, 2.05) is 20.8 Å². The van der Waals surface area contributed by atoms with Crippen LogP contribution < -0.4 is 0 Å². The van der Waals surface area contributed by atoms with E-state index in [9.17, 15) is 4.79 Å². The third-order valence-corrected chi connectivity index (χ3v) is 1.68. The van der Waals surface area contributed by atoms with E-state index in [4.69, 9.17) is 5.11 Å². The molecule has 0 aromatic carbocycles. The Kier molecular flexibility index (Phi) is 4.07. The van der Waals surface area contributed by atoms with E-state index in [1.165, 1.54) is 0 Å². The van der Waals surface area contributed by atoms with Gasteiger partial charge in [-0.15, -0.1) is 0 Å². The van der Waals surface area contributed by atoms with Crippen molar-refractivity contribution in [2.24, 2.45) is 10.4 Å². The molecule has 4 heteroatoms. The van der Waals surface area contributed by atoms with Crippen LogP contribution >= 0.6 is 12.2 Å². The lowest BCUT2D eigenvalue weighted by molar-refractivity contribution is -0.137. The summed E-state index contributed by atoms with van der Waals surface area (Å²) in [5, 5.41) is 10.8. The largest absolute Gasteiger partial charge is 0.481 e. The molecule has 1 N–H and O–H groups in total. The minimum atomic E-state index is -0.857. The Labute approximate surface area is 77.5 Å². The fraction of sp³-hybridized carbons (Fsp3) is 0.750. The van der Waals surface area contributed by atoms with Gasteiger partial charge in [0.1, 0.15) is 0 Å². The summed E-state index contributed by atoms with van der Waals surface area (Å²) < 4.78 is 0. The highest BCUT2D eigenvalue weighted by atomic mass is 32.1. The Morgan fingerprint density at radius 2 is 2.17 bits per heavy atom. The second-order valence-corrected chi connectivity index (χ2v) is 3.88. The van der Waals surface area contributed by atoms with Gasteiger partial charge in [-0.25, -0.2) is 4.99 Å². The maximum absolute atomic E-state index is 10.4. The molecule has 12 heavy (non-hydrogen) atoms. The molecule has 1 unspecified atom stereocenters. The van der Waals surface area contributed by atoms with E-state index in [1.54, 1.807) is 0 Å². The number of hydrogen-bond donors (Lipinski definition) is 1. The predicted octanol–water partition coefficient (Wildman–Crippen LogP) is 1.98. The molecule has 0 aliphatic heterocycles. The van der Waals surface area contributed by atoms with Crippen molar-refractivity contribution in [2.45, 2.75) is 33.2 Å². The third-order valence-electron chi connectivity index (χ3n) is 1.58. The Morgan fingerprint density at radius 1 is 1.67 bits per heavy atom. The van der Waals surface area contributed by atoms with Gasteiger partial charge in [-0.3, -0.25) is 4.79 Å². The minimum absolute atomic E-state index is 0.00708. The van der Waals surface area contributed by atoms with E-state index >= 15 is 0 Å². The molecule has 0 aliphatic rings. The highest BCUT2D eigenvalue weighted by Crippen LogP contribution is 2.24. The number of aliphatic carboxylic acids is 1. The summed E-state index contributed by atoms with van der Waals surface area (Å²) >= 11 is 4.44. The van der Waals surface area contributed by atoms with E-state index in [2.05, 4.69) is 22.4 Å². The van der Waals surface area contributed by atoms with Crippen LogP contribution in [0, 0.1) is 5.41 Å². The van der Waals surface area contributed by atoms with E-state index < -0.39 is 5.97 Å². The Bertz CT molecular complexity index is 214. The van der Waals surface area contributed by atoms with Crippen molar-refractivity contribution < 1.29 is 9.90 Å². The molecule has 0 saturated heterocycles. The van der Waals surface area contributed by atoms with Crippen LogP contribution in [0.4, 0.5) is 0 Å². The van der Waals surface area contributed by atoms with Crippen molar-refractivity contribution in [3.63, 3.8) is 0 Å². The molecule has 0 heterocycles. The topological polar surface area (TPSA) is 49.7 Å². The van der Waals surface area contributed by atoms with Gasteiger partial charge in [0.05, 0.1) is 17.6 Å². The number of carboxylic acid groups (broad SMARTS) is 1. The first-order valence-corrected chi connectivity index (χ1v) is 4.07. The monoisotopic (exact) mass is 187 g/mol. The third kappa shape index (κ3) is 4.21. The number of isothiocyanates is 1. The lowest BCUT2D eigenvalue weighted by atomic mass is 9.85. The van der Waals surface area contributed by atoms with Crippen LogP contribution in [0.3, 0.4) is 0 Å². The van der Waals surface area contributed by atoms with E-state index in [0.717, 1.165) is 0 Å². The zero-order chi connectivity index (χ0) is 9.78. The lowest BCUT2D eigenvalue weighted by Crippen LogP contribution is -2.26. The average Bonchev–Trinajstić information content (AvgIpc) is 1.83. The smallest absolute Gasteiger partial charge is 0.305 e. The molecule has 1 atom stereocenters. The van der Waals surface area contributed by atoms with Gasteiger partial charge in [0.25, 0.3) is 0 Å². The molecular formula is C8H13NO2S. The van der Waals surface area contributed by atoms with Crippen molar-refractivity contribution in [3.8, 4) is 0 Å². The number of carboxylic acids is 1. The first-order valence-electron chi connectivity index (χ1n) is 3.66. The van der Waals surface area contributed by atoms with Crippen molar-refractivity contribution in [1.29, 1.82) is 0 Å². The normalized spacial score (nSPS) is 13.2. The number of thiocarbonyl (C=S) groups is 1. The Balaban J connectivity index is 4.44. The van der Waals surface area contributed by atoms with Gasteiger partial charge in [-0.2, -0.15) is 0 Å². The summed E-state index contributed by atoms with van der Waals surface area (Å²) in [5.74, 6) is -0.857. The predicted molar refractivity (Wildman–Crippen MR) is 50.5 cm³/mol. The van der Waals surface area contributed by atoms with Crippen LogP contribution in [0.15, 0.2) is 4.99 Å². The number of nitrogens with zero attached hydrogens (tertiary/aromatic N) is 1. The molecule has 0 rings (SSSR count). The van der Waals surface area contributed by atoms with Gasteiger partial charge in [0.15, 0.2) is 0 Å². The maximum Gasteiger partial charge on any atom is 0.305 e. The first kappa shape index (κ1) is 11.3. The van der Waals surface area contributed by atoms with Crippen LogP contribution in [-0.4, -0.2) is 22.3 Å². The molecule has 0 fully saturated rings. The molecular weight excluding hydrogens is 174 g/mol. The minimum Gasteiger partial charge on any atom is -0.481 e. The number of rotatable bonds is 3. The molecule has 0 radical (unpaired) electrons. The van der Waals surface area contributed by atoms with Crippen LogP contribution in [0.25, 0.3) is 0 Å². The molecule has 3 nitrogen and oxygen atoms in total. The van der Waals surface area contributed by atoms with Crippen molar-refractivity contribution in [3.05, 3.63) is 0 Å². The van der Waals surface area contributed by atoms with Gasteiger partial charge in [-0.05, 0) is 17.6 Å². The highest BCUT2D eigenvalue weighted by molar-refractivity contribution is 7.78. The number of hydrogen-bond acceptors (Lipinski definition) is 3.